The van der Waals surface area contributed by atoms with Crippen LogP contribution in [0.4, 0.5) is 0 Å². The van der Waals surface area contributed by atoms with Gasteiger partial charge in [0.05, 0.1) is 19.3 Å². The summed E-state index contributed by atoms with van der Waals surface area (Å²) in [5.74, 6) is 2.41. The van der Waals surface area contributed by atoms with Gasteiger partial charge in [-0.25, -0.2) is 0 Å². The molecule has 2 heterocycles. The van der Waals surface area contributed by atoms with Crippen LogP contribution in [0, 0.1) is 0 Å². The zero-order chi connectivity index (χ0) is 17.8. The summed E-state index contributed by atoms with van der Waals surface area (Å²) in [5, 5.41) is 12.0. The number of hydrogen-bond acceptors (Lipinski definition) is 5. The van der Waals surface area contributed by atoms with E-state index in [9.17, 15) is 0 Å². The van der Waals surface area contributed by atoms with E-state index in [1.54, 1.807) is 7.11 Å². The summed E-state index contributed by atoms with van der Waals surface area (Å²) in [6.45, 7) is 6.73. The van der Waals surface area contributed by atoms with E-state index in [0.717, 1.165) is 28.5 Å². The Labute approximate surface area is 147 Å². The zero-order valence-electron chi connectivity index (χ0n) is 15.1. The van der Waals surface area contributed by atoms with E-state index in [0.29, 0.717) is 6.54 Å². The number of hydrogen-bond donors (Lipinski definition) is 1. The van der Waals surface area contributed by atoms with Crippen molar-refractivity contribution < 1.29 is 9.47 Å². The highest BCUT2D eigenvalue weighted by molar-refractivity contribution is 5.46. The fourth-order valence-electron chi connectivity index (χ4n) is 2.74. The second-order valence-electron chi connectivity index (χ2n) is 6.20. The van der Waals surface area contributed by atoms with Crippen LogP contribution in [0.2, 0.25) is 0 Å². The Morgan fingerprint density at radius 1 is 1.08 bits per heavy atom. The topological polar surface area (TPSA) is 60.7 Å². The normalized spacial score (nSPS) is 12.5. The smallest absolute Gasteiger partial charge is 0.166 e. The SMILES string of the molecule is COc1cccc(CN[C@@H](C)c2nnc3ccccn23)c1OC(C)C. The van der Waals surface area contributed by atoms with Crippen molar-refractivity contribution in [2.24, 2.45) is 0 Å². The second-order valence-corrected chi connectivity index (χ2v) is 6.20. The highest BCUT2D eigenvalue weighted by Crippen LogP contribution is 2.32. The lowest BCUT2D eigenvalue weighted by atomic mass is 10.1. The van der Waals surface area contributed by atoms with E-state index >= 15 is 0 Å². The Balaban J connectivity index is 1.79. The second kappa shape index (κ2) is 7.53. The lowest BCUT2D eigenvalue weighted by Crippen LogP contribution is -2.21. The van der Waals surface area contributed by atoms with E-state index < -0.39 is 0 Å². The summed E-state index contributed by atoms with van der Waals surface area (Å²) in [7, 11) is 1.66. The van der Waals surface area contributed by atoms with Gasteiger partial charge < -0.3 is 14.8 Å². The van der Waals surface area contributed by atoms with Crippen LogP contribution in [0.25, 0.3) is 5.65 Å². The van der Waals surface area contributed by atoms with Crippen molar-refractivity contribution in [2.75, 3.05) is 7.11 Å². The summed E-state index contributed by atoms with van der Waals surface area (Å²) in [5.41, 5.74) is 1.89. The van der Waals surface area contributed by atoms with Gasteiger partial charge in [0, 0.05) is 18.3 Å². The first-order valence-electron chi connectivity index (χ1n) is 8.45. The van der Waals surface area contributed by atoms with Crippen molar-refractivity contribution in [1.82, 2.24) is 19.9 Å². The molecule has 0 amide bonds. The minimum absolute atomic E-state index is 0.0375. The minimum Gasteiger partial charge on any atom is -0.493 e. The molecule has 3 rings (SSSR count). The molecule has 1 N–H and O–H groups in total. The van der Waals surface area contributed by atoms with E-state index in [4.69, 9.17) is 9.47 Å². The molecule has 0 spiro atoms. The van der Waals surface area contributed by atoms with Gasteiger partial charge in [-0.2, -0.15) is 0 Å². The summed E-state index contributed by atoms with van der Waals surface area (Å²) in [6.07, 6.45) is 2.05. The highest BCUT2D eigenvalue weighted by Gasteiger charge is 2.16. The maximum atomic E-state index is 5.96. The molecule has 0 aliphatic heterocycles. The molecule has 132 valence electrons. The number of rotatable bonds is 7. The predicted octanol–water partition coefficient (Wildman–Crippen LogP) is 3.38. The number of ether oxygens (including phenoxy) is 2. The molecule has 2 aromatic heterocycles. The van der Waals surface area contributed by atoms with Crippen LogP contribution in [-0.4, -0.2) is 27.8 Å². The van der Waals surface area contributed by atoms with E-state index in [-0.39, 0.29) is 12.1 Å². The molecule has 0 fully saturated rings. The van der Waals surface area contributed by atoms with Gasteiger partial charge in [-0.15, -0.1) is 10.2 Å². The molecule has 0 bridgehead atoms. The third-order valence-electron chi connectivity index (χ3n) is 3.96. The van der Waals surface area contributed by atoms with Crippen LogP contribution < -0.4 is 14.8 Å². The monoisotopic (exact) mass is 340 g/mol. The Bertz CT molecular complexity index is 844. The van der Waals surface area contributed by atoms with Crippen molar-refractivity contribution in [3.05, 3.63) is 54.0 Å². The average molecular weight is 340 g/mol. The Morgan fingerprint density at radius 3 is 2.68 bits per heavy atom. The van der Waals surface area contributed by atoms with E-state index in [2.05, 4.69) is 22.4 Å². The molecule has 0 saturated heterocycles. The minimum atomic E-state index is 0.0375. The summed E-state index contributed by atoms with van der Waals surface area (Å²) < 4.78 is 13.4. The zero-order valence-corrected chi connectivity index (χ0v) is 15.1. The molecule has 0 unspecified atom stereocenters. The molecule has 3 aromatic rings. The van der Waals surface area contributed by atoms with Crippen molar-refractivity contribution in [2.45, 2.75) is 39.5 Å². The standard InChI is InChI=1S/C19H24N4O2/c1-13(2)25-18-15(8-7-9-16(18)24-4)12-20-14(3)19-22-21-17-10-5-6-11-23(17)19/h5-11,13-14,20H,12H2,1-4H3/t14-/m0/s1. The van der Waals surface area contributed by atoms with Crippen LogP contribution in [0.5, 0.6) is 11.5 Å². The van der Waals surface area contributed by atoms with E-state index in [1.165, 1.54) is 0 Å². The summed E-state index contributed by atoms with van der Waals surface area (Å²) in [6, 6.07) is 11.8. The maximum absolute atomic E-state index is 5.96. The molecule has 1 atom stereocenters. The Kier molecular flexibility index (Phi) is 5.19. The first kappa shape index (κ1) is 17.2. The van der Waals surface area contributed by atoms with Gasteiger partial charge in [-0.05, 0) is 39.0 Å². The molecule has 0 aliphatic carbocycles. The molecule has 0 aliphatic rings. The molecule has 6 nitrogen and oxygen atoms in total. The lowest BCUT2D eigenvalue weighted by molar-refractivity contribution is 0.227. The number of methoxy groups -OCH3 is 1. The fourth-order valence-corrected chi connectivity index (χ4v) is 2.74. The third kappa shape index (κ3) is 3.74. The molecular formula is C19H24N4O2. The number of aromatic nitrogens is 3. The lowest BCUT2D eigenvalue weighted by Gasteiger charge is -2.19. The molecule has 0 saturated carbocycles. The highest BCUT2D eigenvalue weighted by atomic mass is 16.5. The number of fused-ring (bicyclic) bond motifs is 1. The van der Waals surface area contributed by atoms with Crippen molar-refractivity contribution in [3.63, 3.8) is 0 Å². The summed E-state index contributed by atoms with van der Waals surface area (Å²) in [4.78, 5) is 0. The Hall–Kier alpha value is -2.60. The van der Waals surface area contributed by atoms with Gasteiger partial charge >= 0.3 is 0 Å². The first-order chi connectivity index (χ1) is 12.1. The number of benzene rings is 1. The largest absolute Gasteiger partial charge is 0.493 e. The van der Waals surface area contributed by atoms with Gasteiger partial charge in [0.2, 0.25) is 0 Å². The van der Waals surface area contributed by atoms with Gasteiger partial charge in [-0.1, -0.05) is 18.2 Å². The van der Waals surface area contributed by atoms with Gasteiger partial charge in [-0.3, -0.25) is 4.40 Å². The molecule has 25 heavy (non-hydrogen) atoms. The van der Waals surface area contributed by atoms with Crippen molar-refractivity contribution in [1.29, 1.82) is 0 Å². The quantitative estimate of drug-likeness (QED) is 0.714. The van der Waals surface area contributed by atoms with Crippen LogP contribution >= 0.6 is 0 Å². The van der Waals surface area contributed by atoms with Crippen LogP contribution in [0.1, 0.15) is 38.2 Å². The van der Waals surface area contributed by atoms with Gasteiger partial charge in [0.25, 0.3) is 0 Å². The number of nitrogens with one attached hydrogen (secondary N) is 1. The fraction of sp³-hybridized carbons (Fsp3) is 0.368. The van der Waals surface area contributed by atoms with Crippen molar-refractivity contribution in [3.8, 4) is 11.5 Å². The summed E-state index contributed by atoms with van der Waals surface area (Å²) >= 11 is 0. The number of pyridine rings is 1. The predicted molar refractivity (Wildman–Crippen MR) is 97.0 cm³/mol. The van der Waals surface area contributed by atoms with E-state index in [1.807, 2.05) is 60.8 Å². The first-order valence-corrected chi connectivity index (χ1v) is 8.45. The average Bonchev–Trinajstić information content (AvgIpc) is 3.04. The maximum Gasteiger partial charge on any atom is 0.166 e. The van der Waals surface area contributed by atoms with Gasteiger partial charge in [0.15, 0.2) is 23.0 Å². The molecular weight excluding hydrogens is 316 g/mol. The molecule has 0 radical (unpaired) electrons. The molecule has 6 heteroatoms. The van der Waals surface area contributed by atoms with Gasteiger partial charge in [0.1, 0.15) is 0 Å². The third-order valence-corrected chi connectivity index (χ3v) is 3.96. The Morgan fingerprint density at radius 2 is 1.92 bits per heavy atom. The van der Waals surface area contributed by atoms with Crippen LogP contribution in [0.15, 0.2) is 42.6 Å². The molecule has 1 aromatic carbocycles. The number of nitrogens with zero attached hydrogens (tertiary/aromatic N) is 3. The van der Waals surface area contributed by atoms with Crippen LogP contribution in [-0.2, 0) is 6.54 Å². The van der Waals surface area contributed by atoms with Crippen LogP contribution in [0.3, 0.4) is 0 Å². The van der Waals surface area contributed by atoms with Crippen molar-refractivity contribution >= 4 is 5.65 Å². The number of para-hydroxylation sites is 1.